The summed E-state index contributed by atoms with van der Waals surface area (Å²) in [5, 5.41) is 4.83. The van der Waals surface area contributed by atoms with Gasteiger partial charge in [0.1, 0.15) is 5.82 Å². The second-order valence-electron chi connectivity index (χ2n) is 6.62. The molecule has 0 saturated heterocycles. The molecule has 4 aromatic rings. The largest absolute Gasteiger partial charge is 0.321 e. The summed E-state index contributed by atoms with van der Waals surface area (Å²) in [4.78, 5) is 12.6. The number of carbonyl (C=O) groups excluding carboxylic acids is 1. The average Bonchev–Trinajstić information content (AvgIpc) is 2.74. The van der Waals surface area contributed by atoms with Crippen molar-refractivity contribution < 1.29 is 17.6 Å². The Kier molecular flexibility index (Phi) is 5.20. The van der Waals surface area contributed by atoms with Crippen LogP contribution < -0.4 is 10.0 Å². The molecule has 0 aromatic heterocycles. The van der Waals surface area contributed by atoms with Gasteiger partial charge in [0.05, 0.1) is 4.90 Å². The van der Waals surface area contributed by atoms with Gasteiger partial charge in [0.25, 0.3) is 15.9 Å². The van der Waals surface area contributed by atoms with E-state index in [9.17, 15) is 17.6 Å². The Labute approximate surface area is 173 Å². The summed E-state index contributed by atoms with van der Waals surface area (Å²) in [6, 6.07) is 24.0. The Hall–Kier alpha value is -3.71. The SMILES string of the molecule is O=C(Nc1cccc2ccccc12)c1ccc(NS(=O)(=O)c2ccc(F)cc2)cc1. The summed E-state index contributed by atoms with van der Waals surface area (Å²) in [6.45, 7) is 0. The van der Waals surface area contributed by atoms with E-state index >= 15 is 0 Å². The maximum absolute atomic E-state index is 13.0. The molecule has 0 unspecified atom stereocenters. The molecule has 30 heavy (non-hydrogen) atoms. The molecule has 4 aromatic carbocycles. The summed E-state index contributed by atoms with van der Waals surface area (Å²) in [6.07, 6.45) is 0. The number of hydrogen-bond donors (Lipinski definition) is 2. The van der Waals surface area contributed by atoms with Crippen LogP contribution in [0.25, 0.3) is 10.8 Å². The first kappa shape index (κ1) is 19.6. The van der Waals surface area contributed by atoms with Crippen molar-refractivity contribution >= 4 is 38.1 Å². The Morgan fingerprint density at radius 3 is 2.17 bits per heavy atom. The maximum Gasteiger partial charge on any atom is 0.261 e. The van der Waals surface area contributed by atoms with Gasteiger partial charge in [-0.1, -0.05) is 36.4 Å². The van der Waals surface area contributed by atoms with Crippen molar-refractivity contribution in [3.8, 4) is 0 Å². The fraction of sp³-hybridized carbons (Fsp3) is 0. The van der Waals surface area contributed by atoms with E-state index < -0.39 is 15.8 Å². The highest BCUT2D eigenvalue weighted by molar-refractivity contribution is 7.92. The van der Waals surface area contributed by atoms with Crippen molar-refractivity contribution in [2.45, 2.75) is 4.90 Å². The number of rotatable bonds is 5. The highest BCUT2D eigenvalue weighted by atomic mass is 32.2. The van der Waals surface area contributed by atoms with Crippen LogP contribution >= 0.6 is 0 Å². The van der Waals surface area contributed by atoms with Crippen LogP contribution in [-0.4, -0.2) is 14.3 Å². The number of hydrogen-bond acceptors (Lipinski definition) is 3. The van der Waals surface area contributed by atoms with Gasteiger partial charge in [-0.15, -0.1) is 0 Å². The fourth-order valence-corrected chi connectivity index (χ4v) is 4.10. The molecule has 4 rings (SSSR count). The Morgan fingerprint density at radius 1 is 0.767 bits per heavy atom. The fourth-order valence-electron chi connectivity index (χ4n) is 3.05. The molecule has 0 saturated carbocycles. The number of anilines is 2. The van der Waals surface area contributed by atoms with Gasteiger partial charge in [0.15, 0.2) is 0 Å². The first-order valence-corrected chi connectivity index (χ1v) is 10.6. The molecule has 0 atom stereocenters. The number of benzene rings is 4. The van der Waals surface area contributed by atoms with Crippen molar-refractivity contribution in [1.82, 2.24) is 0 Å². The summed E-state index contributed by atoms with van der Waals surface area (Å²) in [5.41, 5.74) is 1.37. The molecular weight excluding hydrogens is 403 g/mol. The molecule has 0 heterocycles. The number of fused-ring (bicyclic) bond motifs is 1. The molecule has 5 nitrogen and oxygen atoms in total. The van der Waals surface area contributed by atoms with Crippen LogP contribution in [0.1, 0.15) is 10.4 Å². The maximum atomic E-state index is 13.0. The zero-order valence-corrected chi connectivity index (χ0v) is 16.5. The zero-order chi connectivity index (χ0) is 21.1. The predicted octanol–water partition coefficient (Wildman–Crippen LogP) is 5.03. The molecule has 0 spiro atoms. The average molecular weight is 420 g/mol. The second kappa shape index (κ2) is 7.96. The van der Waals surface area contributed by atoms with Gasteiger partial charge in [-0.05, 0) is 60.0 Å². The zero-order valence-electron chi connectivity index (χ0n) is 15.7. The third kappa shape index (κ3) is 4.16. The molecule has 0 aliphatic rings. The van der Waals surface area contributed by atoms with E-state index in [2.05, 4.69) is 10.0 Å². The topological polar surface area (TPSA) is 75.3 Å². The van der Waals surface area contributed by atoms with Crippen LogP contribution in [0.2, 0.25) is 0 Å². The number of amides is 1. The van der Waals surface area contributed by atoms with Crippen molar-refractivity contribution in [3.05, 3.63) is 102 Å². The highest BCUT2D eigenvalue weighted by Crippen LogP contribution is 2.24. The van der Waals surface area contributed by atoms with Crippen LogP contribution in [0.4, 0.5) is 15.8 Å². The molecule has 0 radical (unpaired) electrons. The van der Waals surface area contributed by atoms with Gasteiger partial charge >= 0.3 is 0 Å². The third-order valence-corrected chi connectivity index (χ3v) is 5.96. The van der Waals surface area contributed by atoms with E-state index in [0.717, 1.165) is 22.9 Å². The first-order chi connectivity index (χ1) is 14.4. The Balaban J connectivity index is 1.50. The molecule has 0 bridgehead atoms. The van der Waals surface area contributed by atoms with Crippen molar-refractivity contribution in [1.29, 1.82) is 0 Å². The molecule has 2 N–H and O–H groups in total. The highest BCUT2D eigenvalue weighted by Gasteiger charge is 2.15. The predicted molar refractivity (Wildman–Crippen MR) is 116 cm³/mol. The number of sulfonamides is 1. The van der Waals surface area contributed by atoms with Gasteiger partial charge in [-0.2, -0.15) is 0 Å². The lowest BCUT2D eigenvalue weighted by molar-refractivity contribution is 0.102. The monoisotopic (exact) mass is 420 g/mol. The number of carbonyl (C=O) groups is 1. The second-order valence-corrected chi connectivity index (χ2v) is 8.30. The van der Waals surface area contributed by atoms with Crippen molar-refractivity contribution in [3.63, 3.8) is 0 Å². The van der Waals surface area contributed by atoms with Gasteiger partial charge in [0.2, 0.25) is 0 Å². The van der Waals surface area contributed by atoms with Crippen LogP contribution in [0.5, 0.6) is 0 Å². The molecule has 7 heteroatoms. The third-order valence-electron chi connectivity index (χ3n) is 4.56. The van der Waals surface area contributed by atoms with Crippen LogP contribution in [-0.2, 0) is 10.0 Å². The normalized spacial score (nSPS) is 11.2. The van der Waals surface area contributed by atoms with E-state index in [4.69, 9.17) is 0 Å². The standard InChI is InChI=1S/C23H17FN2O3S/c24-18-10-14-20(15-11-18)30(28,29)26-19-12-8-17(9-13-19)23(27)25-22-7-3-5-16-4-1-2-6-21(16)22/h1-15,26H,(H,25,27). The van der Waals surface area contributed by atoms with E-state index in [1.54, 1.807) is 0 Å². The van der Waals surface area contributed by atoms with Crippen molar-refractivity contribution in [2.24, 2.45) is 0 Å². The van der Waals surface area contributed by atoms with Crippen molar-refractivity contribution in [2.75, 3.05) is 10.0 Å². The van der Waals surface area contributed by atoms with Crippen LogP contribution in [0.15, 0.2) is 95.9 Å². The van der Waals surface area contributed by atoms with E-state index in [1.165, 1.54) is 36.4 Å². The summed E-state index contributed by atoms with van der Waals surface area (Å²) < 4.78 is 40.2. The quantitative estimate of drug-likeness (QED) is 0.475. The van der Waals surface area contributed by atoms with Crippen LogP contribution in [0.3, 0.4) is 0 Å². The lowest BCUT2D eigenvalue weighted by Gasteiger charge is -2.10. The lowest BCUT2D eigenvalue weighted by Crippen LogP contribution is -2.14. The van der Waals surface area contributed by atoms with E-state index in [1.807, 2.05) is 42.5 Å². The molecule has 0 aliphatic carbocycles. The van der Waals surface area contributed by atoms with E-state index in [-0.39, 0.29) is 10.8 Å². The summed E-state index contributed by atoms with van der Waals surface area (Å²) in [5.74, 6) is -0.824. The molecular formula is C23H17FN2O3S. The Morgan fingerprint density at radius 2 is 1.43 bits per heavy atom. The van der Waals surface area contributed by atoms with E-state index in [0.29, 0.717) is 16.9 Å². The minimum absolute atomic E-state index is 0.0540. The minimum Gasteiger partial charge on any atom is -0.321 e. The van der Waals surface area contributed by atoms with Gasteiger partial charge in [-0.3, -0.25) is 9.52 Å². The molecule has 1 amide bonds. The molecule has 150 valence electrons. The minimum atomic E-state index is -3.85. The first-order valence-electron chi connectivity index (χ1n) is 9.10. The van der Waals surface area contributed by atoms with Crippen LogP contribution in [0, 0.1) is 5.82 Å². The molecule has 0 fully saturated rings. The number of halogens is 1. The summed E-state index contributed by atoms with van der Waals surface area (Å²) >= 11 is 0. The number of nitrogens with one attached hydrogen (secondary N) is 2. The van der Waals surface area contributed by atoms with Gasteiger partial charge < -0.3 is 5.32 Å². The van der Waals surface area contributed by atoms with Gasteiger partial charge in [0, 0.05) is 22.3 Å². The summed E-state index contributed by atoms with van der Waals surface area (Å²) in [7, 11) is -3.85. The molecule has 0 aliphatic heterocycles. The van der Waals surface area contributed by atoms with Gasteiger partial charge in [-0.25, -0.2) is 12.8 Å². The smallest absolute Gasteiger partial charge is 0.261 e. The lowest BCUT2D eigenvalue weighted by atomic mass is 10.1. The Bertz CT molecular complexity index is 1310.